The molecule has 3 nitrogen and oxygen atoms in total. The van der Waals surface area contributed by atoms with Gasteiger partial charge in [-0.05, 0) is 99.3 Å². The molecule has 0 bridgehead atoms. The highest BCUT2D eigenvalue weighted by Crippen LogP contribution is 2.36. The van der Waals surface area contributed by atoms with E-state index in [1.807, 2.05) is 12.1 Å². The molecule has 0 aliphatic carbocycles. The van der Waals surface area contributed by atoms with E-state index in [-0.39, 0.29) is 5.82 Å². The largest absolute Gasteiger partial charge is 0.397 e. The van der Waals surface area contributed by atoms with Gasteiger partial charge in [0.1, 0.15) is 5.82 Å². The van der Waals surface area contributed by atoms with E-state index < -0.39 is 0 Å². The summed E-state index contributed by atoms with van der Waals surface area (Å²) in [7, 11) is 0. The molecule has 2 aliphatic rings. The summed E-state index contributed by atoms with van der Waals surface area (Å²) in [6.45, 7) is 10.8. The van der Waals surface area contributed by atoms with E-state index in [2.05, 4.69) is 35.4 Å². The van der Waals surface area contributed by atoms with Crippen molar-refractivity contribution in [2.24, 2.45) is 5.92 Å². The van der Waals surface area contributed by atoms with E-state index in [1.54, 1.807) is 12.1 Å². The lowest BCUT2D eigenvalue weighted by atomic mass is 9.90. The zero-order chi connectivity index (χ0) is 21.8. The summed E-state index contributed by atoms with van der Waals surface area (Å²) in [5.41, 5.74) is 13.5. The molecule has 31 heavy (non-hydrogen) atoms. The molecule has 1 saturated heterocycles. The molecule has 0 atom stereocenters. The van der Waals surface area contributed by atoms with Gasteiger partial charge in [0, 0.05) is 18.8 Å². The Labute approximate surface area is 186 Å². The maximum atomic E-state index is 13.0. The lowest BCUT2D eigenvalue weighted by Gasteiger charge is -2.38. The highest BCUT2D eigenvalue weighted by molar-refractivity contribution is 5.75. The summed E-state index contributed by atoms with van der Waals surface area (Å²) < 4.78 is 13.0. The number of nitrogens with zero attached hydrogens (tertiary/aromatic N) is 2. The van der Waals surface area contributed by atoms with Crippen molar-refractivity contribution in [2.75, 3.05) is 36.8 Å². The van der Waals surface area contributed by atoms with Crippen LogP contribution >= 0.6 is 0 Å². The first kappa shape index (κ1) is 21.9. The molecule has 2 aromatic rings. The molecular weight excluding hydrogens is 385 g/mol. The Hall–Kier alpha value is -2.33. The second-order valence-electron chi connectivity index (χ2n) is 9.42. The maximum absolute atomic E-state index is 13.0. The predicted octanol–water partition coefficient (Wildman–Crippen LogP) is 5.72. The summed E-state index contributed by atoms with van der Waals surface area (Å²) in [4.78, 5) is 4.92. The molecule has 2 N–H and O–H groups in total. The summed E-state index contributed by atoms with van der Waals surface area (Å²) in [5.74, 6) is 0.655. The Kier molecular flexibility index (Phi) is 6.96. The van der Waals surface area contributed by atoms with E-state index in [0.717, 1.165) is 57.0 Å². The van der Waals surface area contributed by atoms with Gasteiger partial charge in [0.25, 0.3) is 0 Å². The number of hydrogen-bond acceptors (Lipinski definition) is 3. The fourth-order valence-corrected chi connectivity index (χ4v) is 5.28. The summed E-state index contributed by atoms with van der Waals surface area (Å²) in [6.07, 6.45) is 8.28. The molecule has 2 heterocycles. The van der Waals surface area contributed by atoms with Gasteiger partial charge in [-0.15, -0.1) is 0 Å². The van der Waals surface area contributed by atoms with Crippen LogP contribution in [0.2, 0.25) is 0 Å². The van der Waals surface area contributed by atoms with Gasteiger partial charge in [0.15, 0.2) is 0 Å². The number of benzene rings is 2. The Morgan fingerprint density at radius 3 is 2.61 bits per heavy atom. The Balaban J connectivity index is 1.24. The number of aryl methyl sites for hydroxylation is 3. The van der Waals surface area contributed by atoms with Gasteiger partial charge in [-0.3, -0.25) is 4.90 Å². The quantitative estimate of drug-likeness (QED) is 0.581. The molecule has 0 unspecified atom stereocenters. The Morgan fingerprint density at radius 2 is 1.87 bits per heavy atom. The van der Waals surface area contributed by atoms with E-state index in [0.29, 0.717) is 0 Å². The van der Waals surface area contributed by atoms with Gasteiger partial charge in [-0.25, -0.2) is 4.39 Å². The molecule has 2 aliphatic heterocycles. The maximum Gasteiger partial charge on any atom is 0.123 e. The SMILES string of the molecule is C=C(CN1CCC(CCCc2ccc(F)cc2)CC1)N1CCCc2cc(C)cc(N)c21. The van der Waals surface area contributed by atoms with E-state index in [1.165, 1.54) is 53.8 Å². The minimum Gasteiger partial charge on any atom is -0.397 e. The Bertz CT molecular complexity index is 897. The Morgan fingerprint density at radius 1 is 1.13 bits per heavy atom. The van der Waals surface area contributed by atoms with Crippen LogP contribution in [-0.4, -0.2) is 31.1 Å². The third kappa shape index (κ3) is 5.48. The summed E-state index contributed by atoms with van der Waals surface area (Å²) in [6, 6.07) is 11.3. The fraction of sp³-hybridized carbons (Fsp3) is 0.481. The normalized spacial score (nSPS) is 17.5. The van der Waals surface area contributed by atoms with Crippen LogP contribution in [0.3, 0.4) is 0 Å². The van der Waals surface area contributed by atoms with Gasteiger partial charge in [-0.1, -0.05) is 31.2 Å². The first-order chi connectivity index (χ1) is 15.0. The van der Waals surface area contributed by atoms with Crippen LogP contribution in [0, 0.1) is 18.7 Å². The molecular formula is C27H36FN3. The molecule has 166 valence electrons. The molecule has 2 aromatic carbocycles. The minimum atomic E-state index is -0.149. The van der Waals surface area contributed by atoms with Crippen LogP contribution in [0.4, 0.5) is 15.8 Å². The standard InChI is InChI=1S/C27H36FN3/c1-20-17-24-7-4-14-31(27(24)26(29)18-20)21(2)19-30-15-12-23(13-16-30)6-3-5-22-8-10-25(28)11-9-22/h8-11,17-18,23H,2-7,12-16,19,29H2,1H3. The summed E-state index contributed by atoms with van der Waals surface area (Å²) in [5, 5.41) is 0. The van der Waals surface area contributed by atoms with Crippen LogP contribution in [0.5, 0.6) is 0 Å². The summed E-state index contributed by atoms with van der Waals surface area (Å²) >= 11 is 0. The average molecular weight is 422 g/mol. The van der Waals surface area contributed by atoms with E-state index in [4.69, 9.17) is 5.73 Å². The molecule has 4 rings (SSSR count). The van der Waals surface area contributed by atoms with Crippen molar-refractivity contribution >= 4 is 11.4 Å². The monoisotopic (exact) mass is 421 g/mol. The third-order valence-electron chi connectivity index (χ3n) is 6.95. The van der Waals surface area contributed by atoms with Gasteiger partial charge < -0.3 is 10.6 Å². The number of fused-ring (bicyclic) bond motifs is 1. The smallest absolute Gasteiger partial charge is 0.123 e. The van der Waals surface area contributed by atoms with Crippen molar-refractivity contribution in [1.29, 1.82) is 0 Å². The van der Waals surface area contributed by atoms with Crippen LogP contribution < -0.4 is 10.6 Å². The highest BCUT2D eigenvalue weighted by Gasteiger charge is 2.25. The second-order valence-corrected chi connectivity index (χ2v) is 9.42. The average Bonchev–Trinajstić information content (AvgIpc) is 2.75. The van der Waals surface area contributed by atoms with Gasteiger partial charge in [0.05, 0.1) is 11.4 Å². The van der Waals surface area contributed by atoms with Crippen molar-refractivity contribution in [3.63, 3.8) is 0 Å². The molecule has 4 heteroatoms. The minimum absolute atomic E-state index is 0.149. The second kappa shape index (κ2) is 9.86. The van der Waals surface area contributed by atoms with Crippen molar-refractivity contribution < 1.29 is 4.39 Å². The number of likely N-dealkylation sites (tertiary alicyclic amines) is 1. The first-order valence-corrected chi connectivity index (χ1v) is 11.8. The third-order valence-corrected chi connectivity index (χ3v) is 6.95. The van der Waals surface area contributed by atoms with Crippen molar-refractivity contribution in [1.82, 2.24) is 4.90 Å². The number of halogens is 1. The number of piperidine rings is 1. The zero-order valence-electron chi connectivity index (χ0n) is 18.9. The number of nitrogen functional groups attached to an aromatic ring is 1. The van der Waals surface area contributed by atoms with Crippen LogP contribution in [-0.2, 0) is 12.8 Å². The predicted molar refractivity (Wildman–Crippen MR) is 129 cm³/mol. The van der Waals surface area contributed by atoms with E-state index >= 15 is 0 Å². The van der Waals surface area contributed by atoms with Gasteiger partial charge in [-0.2, -0.15) is 0 Å². The van der Waals surface area contributed by atoms with Crippen molar-refractivity contribution in [3.8, 4) is 0 Å². The number of hydrogen-bond donors (Lipinski definition) is 1. The number of anilines is 2. The molecule has 0 radical (unpaired) electrons. The molecule has 0 saturated carbocycles. The van der Waals surface area contributed by atoms with Crippen molar-refractivity contribution in [3.05, 3.63) is 71.2 Å². The first-order valence-electron chi connectivity index (χ1n) is 11.8. The number of rotatable bonds is 7. The molecule has 0 aromatic heterocycles. The van der Waals surface area contributed by atoms with Crippen LogP contribution in [0.1, 0.15) is 48.8 Å². The molecule has 1 fully saturated rings. The molecule has 0 amide bonds. The van der Waals surface area contributed by atoms with Crippen molar-refractivity contribution in [2.45, 2.75) is 51.9 Å². The van der Waals surface area contributed by atoms with Gasteiger partial charge >= 0.3 is 0 Å². The highest BCUT2D eigenvalue weighted by atomic mass is 19.1. The lowest BCUT2D eigenvalue weighted by molar-refractivity contribution is 0.189. The fourth-order valence-electron chi connectivity index (χ4n) is 5.28. The lowest BCUT2D eigenvalue weighted by Crippen LogP contribution is -2.39. The van der Waals surface area contributed by atoms with Crippen LogP contribution in [0.15, 0.2) is 48.7 Å². The van der Waals surface area contributed by atoms with Crippen LogP contribution in [0.25, 0.3) is 0 Å². The molecule has 0 spiro atoms. The topological polar surface area (TPSA) is 32.5 Å². The van der Waals surface area contributed by atoms with Gasteiger partial charge in [0.2, 0.25) is 0 Å². The number of nitrogens with two attached hydrogens (primary N) is 1. The van der Waals surface area contributed by atoms with E-state index in [9.17, 15) is 4.39 Å². The zero-order valence-corrected chi connectivity index (χ0v) is 18.9.